The summed E-state index contributed by atoms with van der Waals surface area (Å²) in [6, 6.07) is 12.6. The van der Waals surface area contributed by atoms with Crippen molar-refractivity contribution < 1.29 is 32.7 Å². The number of carboxylic acid groups (broad SMARTS) is 1. The highest BCUT2D eigenvalue weighted by Gasteiger charge is 2.25. The van der Waals surface area contributed by atoms with Crippen molar-refractivity contribution in [2.24, 2.45) is 5.92 Å². The molecule has 7 nitrogen and oxygen atoms in total. The van der Waals surface area contributed by atoms with E-state index in [0.29, 0.717) is 40.1 Å². The maximum absolute atomic E-state index is 14.7. The zero-order chi connectivity index (χ0) is 28.4. The fourth-order valence-corrected chi connectivity index (χ4v) is 5.05. The average Bonchev–Trinajstić information content (AvgIpc) is 3.27. The van der Waals surface area contributed by atoms with Gasteiger partial charge in [0.05, 0.1) is 17.5 Å². The lowest BCUT2D eigenvalue weighted by atomic mass is 9.83. The zero-order valence-corrected chi connectivity index (χ0v) is 21.9. The maximum Gasteiger partial charge on any atom is 0.307 e. The van der Waals surface area contributed by atoms with Gasteiger partial charge in [0.15, 0.2) is 0 Å². The second-order valence-electron chi connectivity index (χ2n) is 10.0. The molecular weight excluding hydrogens is 518 g/mol. The molecule has 1 fully saturated rings. The third-order valence-electron chi connectivity index (χ3n) is 7.40. The van der Waals surface area contributed by atoms with Crippen molar-refractivity contribution in [2.75, 3.05) is 13.6 Å². The molecule has 1 aliphatic carbocycles. The summed E-state index contributed by atoms with van der Waals surface area (Å²) in [7, 11) is 1.46. The molecule has 0 aliphatic heterocycles. The number of aliphatic carboxylic acids is 1. The minimum absolute atomic E-state index is 0.154. The summed E-state index contributed by atoms with van der Waals surface area (Å²) in [4.78, 5) is 37.6. The number of rotatable bonds is 9. The van der Waals surface area contributed by atoms with Crippen LogP contribution in [0.3, 0.4) is 0 Å². The molecule has 9 heteroatoms. The first kappa shape index (κ1) is 27.1. The van der Waals surface area contributed by atoms with Gasteiger partial charge in [-0.15, -0.1) is 0 Å². The van der Waals surface area contributed by atoms with E-state index in [1.807, 2.05) is 0 Å². The van der Waals surface area contributed by atoms with Crippen molar-refractivity contribution in [2.45, 2.75) is 32.1 Å². The van der Waals surface area contributed by atoms with Crippen molar-refractivity contribution in [3.63, 3.8) is 0 Å². The van der Waals surface area contributed by atoms with Crippen molar-refractivity contribution >= 4 is 28.8 Å². The lowest BCUT2D eigenvalue weighted by molar-refractivity contribution is -0.136. The molecule has 0 radical (unpaired) electrons. The Hall–Kier alpha value is -4.53. The van der Waals surface area contributed by atoms with Crippen LogP contribution < -0.4 is 10.6 Å². The predicted molar refractivity (Wildman–Crippen MR) is 146 cm³/mol. The van der Waals surface area contributed by atoms with Crippen LogP contribution >= 0.6 is 0 Å². The Morgan fingerprint density at radius 3 is 2.35 bits per heavy atom. The topological polar surface area (TPSA) is 109 Å². The first-order chi connectivity index (χ1) is 19.2. The third-order valence-corrected chi connectivity index (χ3v) is 7.40. The summed E-state index contributed by atoms with van der Waals surface area (Å²) in [6.07, 6.45) is 3.94. The number of furan rings is 1. The SMILES string of the molecule is CNC(=O)c1c(-c2ccc(F)cc2)oc2cc(CC(=O)O)c(-c3ccc(F)c(C(=O)NCCC4CCC4)c3)cc12. The Kier molecular flexibility index (Phi) is 7.64. The van der Waals surface area contributed by atoms with Crippen molar-refractivity contribution in [3.8, 4) is 22.5 Å². The number of carboxylic acids is 1. The first-order valence-electron chi connectivity index (χ1n) is 13.1. The smallest absolute Gasteiger partial charge is 0.307 e. The van der Waals surface area contributed by atoms with E-state index < -0.39 is 29.4 Å². The molecule has 3 N–H and O–H groups in total. The molecule has 1 aromatic heterocycles. The summed E-state index contributed by atoms with van der Waals surface area (Å²) >= 11 is 0. The highest BCUT2D eigenvalue weighted by Crippen LogP contribution is 2.38. The molecule has 0 spiro atoms. The third kappa shape index (κ3) is 5.45. The van der Waals surface area contributed by atoms with E-state index in [9.17, 15) is 28.3 Å². The number of hydrogen-bond donors (Lipinski definition) is 3. The lowest BCUT2D eigenvalue weighted by Gasteiger charge is -2.25. The standard InChI is InChI=1S/C31H28F2N2O5/c1-34-31(39)28-24-16-22(19-7-10-25(33)23(13-19)30(38)35-12-11-17-3-2-4-17)20(15-27(36)37)14-26(24)40-29(28)18-5-8-21(32)9-6-18/h5-10,13-14,16-17H,2-4,11-12,15H2,1H3,(H,34,39)(H,35,38)(H,36,37). The molecule has 206 valence electrons. The van der Waals surface area contributed by atoms with Gasteiger partial charge in [0, 0.05) is 24.5 Å². The minimum atomic E-state index is -1.10. The van der Waals surface area contributed by atoms with E-state index >= 15 is 0 Å². The fourth-order valence-electron chi connectivity index (χ4n) is 5.05. The van der Waals surface area contributed by atoms with Gasteiger partial charge < -0.3 is 20.2 Å². The number of fused-ring (bicyclic) bond motifs is 1. The van der Waals surface area contributed by atoms with Gasteiger partial charge in [-0.1, -0.05) is 25.3 Å². The molecule has 0 bridgehead atoms. The number of hydrogen-bond acceptors (Lipinski definition) is 4. The van der Waals surface area contributed by atoms with Gasteiger partial charge in [-0.05, 0) is 77.6 Å². The predicted octanol–water partition coefficient (Wildman–Crippen LogP) is 5.95. The van der Waals surface area contributed by atoms with Crippen LogP contribution in [0.25, 0.3) is 33.4 Å². The van der Waals surface area contributed by atoms with E-state index in [0.717, 1.165) is 19.3 Å². The summed E-state index contributed by atoms with van der Waals surface area (Å²) in [5.41, 5.74) is 1.92. The number of benzene rings is 3. The Bertz CT molecular complexity index is 1610. The van der Waals surface area contributed by atoms with E-state index in [2.05, 4.69) is 10.6 Å². The number of amides is 2. The van der Waals surface area contributed by atoms with Gasteiger partial charge in [0.2, 0.25) is 0 Å². The Morgan fingerprint density at radius 2 is 1.70 bits per heavy atom. The molecule has 1 saturated carbocycles. The largest absolute Gasteiger partial charge is 0.481 e. The quantitative estimate of drug-likeness (QED) is 0.240. The summed E-state index contributed by atoms with van der Waals surface area (Å²) in [6.45, 7) is 0.445. The van der Waals surface area contributed by atoms with Gasteiger partial charge in [-0.2, -0.15) is 0 Å². The lowest BCUT2D eigenvalue weighted by Crippen LogP contribution is -2.28. The van der Waals surface area contributed by atoms with Crippen LogP contribution in [0.1, 0.15) is 52.0 Å². The van der Waals surface area contributed by atoms with E-state index in [1.54, 1.807) is 6.07 Å². The average molecular weight is 547 g/mol. The van der Waals surface area contributed by atoms with E-state index in [4.69, 9.17) is 4.42 Å². The molecule has 1 aliphatic rings. The summed E-state index contributed by atoms with van der Waals surface area (Å²) in [5.74, 6) is -2.48. The molecule has 4 aromatic rings. The van der Waals surface area contributed by atoms with Gasteiger partial charge >= 0.3 is 5.97 Å². The van der Waals surface area contributed by atoms with Gasteiger partial charge in [0.1, 0.15) is 23.0 Å². The fraction of sp³-hybridized carbons (Fsp3) is 0.258. The number of nitrogens with one attached hydrogen (secondary N) is 2. The van der Waals surface area contributed by atoms with Crippen LogP contribution in [0, 0.1) is 17.6 Å². The Morgan fingerprint density at radius 1 is 0.975 bits per heavy atom. The second kappa shape index (κ2) is 11.3. The summed E-state index contributed by atoms with van der Waals surface area (Å²) in [5, 5.41) is 15.4. The molecule has 0 atom stereocenters. The van der Waals surface area contributed by atoms with Gasteiger partial charge in [-0.3, -0.25) is 14.4 Å². The molecule has 3 aromatic carbocycles. The normalized spacial score (nSPS) is 13.2. The Balaban J connectivity index is 1.61. The summed E-state index contributed by atoms with van der Waals surface area (Å²) < 4.78 is 34.3. The van der Waals surface area contributed by atoms with Crippen LogP contribution in [-0.2, 0) is 11.2 Å². The molecule has 0 saturated heterocycles. The number of halogens is 2. The van der Waals surface area contributed by atoms with Gasteiger partial charge in [0.25, 0.3) is 11.8 Å². The van der Waals surface area contributed by atoms with Crippen LogP contribution in [0.15, 0.2) is 59.0 Å². The van der Waals surface area contributed by atoms with Crippen molar-refractivity contribution in [1.82, 2.24) is 10.6 Å². The van der Waals surface area contributed by atoms with Crippen LogP contribution in [0.2, 0.25) is 0 Å². The highest BCUT2D eigenvalue weighted by molar-refractivity contribution is 6.12. The van der Waals surface area contributed by atoms with E-state index in [-0.39, 0.29) is 28.9 Å². The van der Waals surface area contributed by atoms with Crippen LogP contribution in [0.4, 0.5) is 8.78 Å². The Labute approximate surface area is 229 Å². The molecule has 0 unspecified atom stereocenters. The molecule has 1 heterocycles. The number of carbonyl (C=O) groups is 3. The minimum Gasteiger partial charge on any atom is -0.481 e. The number of carbonyl (C=O) groups excluding carboxylic acids is 2. The van der Waals surface area contributed by atoms with Gasteiger partial charge in [-0.25, -0.2) is 8.78 Å². The maximum atomic E-state index is 14.7. The molecule has 5 rings (SSSR count). The molecule has 40 heavy (non-hydrogen) atoms. The van der Waals surface area contributed by atoms with Crippen molar-refractivity contribution in [3.05, 3.63) is 82.9 Å². The van der Waals surface area contributed by atoms with Crippen LogP contribution in [-0.4, -0.2) is 36.5 Å². The second-order valence-corrected chi connectivity index (χ2v) is 10.0. The van der Waals surface area contributed by atoms with Crippen molar-refractivity contribution in [1.29, 1.82) is 0 Å². The van der Waals surface area contributed by atoms with E-state index in [1.165, 1.54) is 62.0 Å². The first-order valence-corrected chi connectivity index (χ1v) is 13.1. The molecule has 2 amide bonds. The van der Waals surface area contributed by atoms with Crippen LogP contribution in [0.5, 0.6) is 0 Å². The molecular formula is C31H28F2N2O5. The monoisotopic (exact) mass is 546 g/mol. The highest BCUT2D eigenvalue weighted by atomic mass is 19.1. The zero-order valence-electron chi connectivity index (χ0n) is 21.9.